The van der Waals surface area contributed by atoms with E-state index in [1.54, 1.807) is 14.2 Å². The summed E-state index contributed by atoms with van der Waals surface area (Å²) in [7, 11) is 3.50. The Hall–Kier alpha value is 1.11. The molecule has 10 heavy (non-hydrogen) atoms. The van der Waals surface area contributed by atoms with Gasteiger partial charge in [-0.1, -0.05) is 0 Å². The zero-order valence-electron chi connectivity index (χ0n) is 6.82. The van der Waals surface area contributed by atoms with Crippen molar-refractivity contribution < 1.29 is 24.0 Å². The zero-order valence-corrected chi connectivity index (χ0v) is 9.96. The molecule has 0 spiro atoms. The third-order valence-corrected chi connectivity index (χ3v) is 6.86. The molecule has 0 atom stereocenters. The van der Waals surface area contributed by atoms with Gasteiger partial charge in [0.05, 0.1) is 0 Å². The fraction of sp³-hybridized carbons (Fsp3) is 1.00. The summed E-state index contributed by atoms with van der Waals surface area (Å²) in [6.45, 7) is 0. The van der Waals surface area contributed by atoms with Crippen molar-refractivity contribution in [1.29, 1.82) is 0 Å². The van der Waals surface area contributed by atoms with E-state index in [0.717, 1.165) is 16.5 Å². The topological polar surface area (TPSA) is 18.5 Å². The SMILES string of the molecule is C[O][Ti]([CH3])([CH2]CCBr)[O]C. The van der Waals surface area contributed by atoms with Crippen LogP contribution in [0.4, 0.5) is 0 Å². The summed E-state index contributed by atoms with van der Waals surface area (Å²) >= 11 is 1.16. The van der Waals surface area contributed by atoms with Crippen LogP contribution in [0.25, 0.3) is 0 Å². The molecule has 0 saturated heterocycles. The molecule has 0 amide bonds. The quantitative estimate of drug-likeness (QED) is 0.548. The standard InChI is InChI=1S/C3H6Br.2CH3O.CH3.Ti/c1-2-3-4;2*1-2;;/h1-3H2;2*1H3;1H3;/q;2*-1;;+2. The fourth-order valence-electron chi connectivity index (χ4n) is 0.675. The van der Waals surface area contributed by atoms with Crippen LogP contribution in [0.15, 0.2) is 0 Å². The van der Waals surface area contributed by atoms with Gasteiger partial charge in [0.25, 0.3) is 0 Å². The molecule has 0 unspecified atom stereocenters. The molecule has 0 aliphatic carbocycles. The van der Waals surface area contributed by atoms with Crippen molar-refractivity contribution in [2.45, 2.75) is 16.4 Å². The summed E-state index contributed by atoms with van der Waals surface area (Å²) in [5, 5.41) is 3.17. The van der Waals surface area contributed by atoms with E-state index in [1.165, 1.54) is 0 Å². The number of alkyl halides is 1. The van der Waals surface area contributed by atoms with E-state index in [2.05, 4.69) is 21.2 Å². The van der Waals surface area contributed by atoms with E-state index in [-0.39, 0.29) is 0 Å². The Kier molecular flexibility index (Phi) is 6.36. The number of hydrogen-bond acceptors (Lipinski definition) is 2. The summed E-state index contributed by atoms with van der Waals surface area (Å²) in [5.74, 6) is 0. The molecule has 0 aliphatic heterocycles. The Labute approximate surface area is 75.7 Å². The molecule has 0 bridgehead atoms. The molecule has 0 radical (unpaired) electrons. The van der Waals surface area contributed by atoms with Gasteiger partial charge < -0.3 is 0 Å². The fourth-order valence-corrected chi connectivity index (χ4v) is 3.94. The number of halogens is 1. The van der Waals surface area contributed by atoms with E-state index in [4.69, 9.17) is 6.64 Å². The molecule has 0 aliphatic rings. The molecule has 0 saturated carbocycles. The predicted octanol–water partition coefficient (Wildman–Crippen LogP) is 2.51. The Bertz CT molecular complexity index is 85.8. The molecule has 0 fully saturated rings. The van der Waals surface area contributed by atoms with Crippen molar-refractivity contribution in [1.82, 2.24) is 0 Å². The van der Waals surface area contributed by atoms with Crippen LogP contribution in [0.3, 0.4) is 0 Å². The van der Waals surface area contributed by atoms with Crippen molar-refractivity contribution in [3.05, 3.63) is 0 Å². The summed E-state index contributed by atoms with van der Waals surface area (Å²) in [5.41, 5.74) is 0. The molecule has 62 valence electrons. The first kappa shape index (κ1) is 11.1. The van der Waals surface area contributed by atoms with Crippen LogP contribution in [0, 0.1) is 0 Å². The molecule has 0 heterocycles. The maximum atomic E-state index is 5.33. The minimum atomic E-state index is -2.22. The summed E-state index contributed by atoms with van der Waals surface area (Å²) in [6.07, 6.45) is 1.15. The molecule has 0 aromatic carbocycles. The van der Waals surface area contributed by atoms with Gasteiger partial charge in [-0.05, 0) is 0 Å². The number of rotatable bonds is 5. The van der Waals surface area contributed by atoms with E-state index >= 15 is 0 Å². The van der Waals surface area contributed by atoms with Crippen LogP contribution in [-0.2, 0) is 24.0 Å². The predicted molar refractivity (Wildman–Crippen MR) is 43.1 cm³/mol. The van der Waals surface area contributed by atoms with Gasteiger partial charge in [-0.3, -0.25) is 0 Å². The normalized spacial score (nSPS) is 12.0. The Morgan fingerprint density at radius 1 is 1.30 bits per heavy atom. The first-order valence-electron chi connectivity index (χ1n) is 3.35. The van der Waals surface area contributed by atoms with Gasteiger partial charge in [0.2, 0.25) is 0 Å². The maximum absolute atomic E-state index is 5.33. The van der Waals surface area contributed by atoms with Gasteiger partial charge in [-0.2, -0.15) is 0 Å². The van der Waals surface area contributed by atoms with Crippen molar-refractivity contribution in [2.24, 2.45) is 0 Å². The third kappa shape index (κ3) is 4.09. The van der Waals surface area contributed by atoms with Gasteiger partial charge in [0.15, 0.2) is 0 Å². The van der Waals surface area contributed by atoms with Gasteiger partial charge in [-0.15, -0.1) is 0 Å². The Balaban J connectivity index is 3.58. The molecule has 0 rings (SSSR count). The van der Waals surface area contributed by atoms with E-state index < -0.39 is 17.4 Å². The molecular weight excluding hydrogens is 232 g/mol. The van der Waals surface area contributed by atoms with E-state index in [1.807, 2.05) is 0 Å². The Morgan fingerprint density at radius 2 is 1.80 bits per heavy atom. The zero-order chi connectivity index (χ0) is 8.04. The van der Waals surface area contributed by atoms with Crippen molar-refractivity contribution in [3.63, 3.8) is 0 Å². The molecular formula is C6H15BrO2Ti. The summed E-state index contributed by atoms with van der Waals surface area (Å²) in [6, 6.07) is 0. The second-order valence-electron chi connectivity index (χ2n) is 2.33. The van der Waals surface area contributed by atoms with Crippen LogP contribution >= 0.6 is 15.9 Å². The minimum absolute atomic E-state index is 1.04. The van der Waals surface area contributed by atoms with Gasteiger partial charge in [0.1, 0.15) is 0 Å². The number of hydrogen-bond donors (Lipinski definition) is 0. The monoisotopic (exact) mass is 246 g/mol. The Morgan fingerprint density at radius 3 is 2.10 bits per heavy atom. The molecule has 0 aromatic rings. The average molecular weight is 247 g/mol. The summed E-state index contributed by atoms with van der Waals surface area (Å²) < 4.78 is 11.8. The van der Waals surface area contributed by atoms with Crippen LogP contribution < -0.4 is 0 Å². The van der Waals surface area contributed by atoms with Crippen molar-refractivity contribution in [3.8, 4) is 0 Å². The first-order valence-corrected chi connectivity index (χ1v) is 8.41. The average Bonchev–Trinajstić information content (AvgIpc) is 2.00. The van der Waals surface area contributed by atoms with Gasteiger partial charge >= 0.3 is 75.9 Å². The van der Waals surface area contributed by atoms with Crippen molar-refractivity contribution in [2.75, 3.05) is 19.5 Å². The van der Waals surface area contributed by atoms with Gasteiger partial charge in [-0.25, -0.2) is 0 Å². The van der Waals surface area contributed by atoms with E-state index in [9.17, 15) is 0 Å². The van der Waals surface area contributed by atoms with Crippen LogP contribution in [0.5, 0.6) is 0 Å². The summed E-state index contributed by atoms with van der Waals surface area (Å²) in [4.78, 5) is 0. The third-order valence-electron chi connectivity index (χ3n) is 1.63. The van der Waals surface area contributed by atoms with Crippen molar-refractivity contribution >= 4 is 15.9 Å². The molecule has 0 aromatic heterocycles. The first-order chi connectivity index (χ1) is 4.68. The second kappa shape index (κ2) is 5.73. The van der Waals surface area contributed by atoms with E-state index in [0.29, 0.717) is 0 Å². The van der Waals surface area contributed by atoms with Crippen LogP contribution in [-0.4, -0.2) is 19.5 Å². The molecule has 0 N–H and O–H groups in total. The second-order valence-corrected chi connectivity index (χ2v) is 8.72. The van der Waals surface area contributed by atoms with Gasteiger partial charge in [0, 0.05) is 0 Å². The molecule has 2 nitrogen and oxygen atoms in total. The molecule has 4 heteroatoms. The van der Waals surface area contributed by atoms with Crippen LogP contribution in [0.2, 0.25) is 9.95 Å². The van der Waals surface area contributed by atoms with Crippen LogP contribution in [0.1, 0.15) is 6.42 Å².